The van der Waals surface area contributed by atoms with Crippen molar-refractivity contribution in [3.63, 3.8) is 0 Å². The SMILES string of the molecule is CCCCn1c(CN2CCC(C(=O)N3CCCCCC3)CC2)nc2cc(S(N)(=O)=O)ccc21. The van der Waals surface area contributed by atoms with Crippen LogP contribution >= 0.6 is 0 Å². The van der Waals surface area contributed by atoms with Crippen molar-refractivity contribution >= 4 is 27.0 Å². The van der Waals surface area contributed by atoms with Crippen LogP contribution in [0.4, 0.5) is 0 Å². The molecule has 2 saturated heterocycles. The molecule has 2 N–H and O–H groups in total. The number of nitrogens with two attached hydrogens (primary N) is 1. The Morgan fingerprint density at radius 1 is 1.09 bits per heavy atom. The number of likely N-dealkylation sites (tertiary alicyclic amines) is 2. The molecular formula is C24H37N5O3S. The lowest BCUT2D eigenvalue weighted by atomic mass is 9.95. The number of carbonyl (C=O) groups excluding carboxylic acids is 1. The van der Waals surface area contributed by atoms with Gasteiger partial charge in [-0.2, -0.15) is 0 Å². The van der Waals surface area contributed by atoms with Gasteiger partial charge in [0.05, 0.1) is 22.5 Å². The van der Waals surface area contributed by atoms with Gasteiger partial charge in [0.2, 0.25) is 15.9 Å². The summed E-state index contributed by atoms with van der Waals surface area (Å²) in [6, 6.07) is 4.95. The van der Waals surface area contributed by atoms with Gasteiger partial charge in [-0.1, -0.05) is 26.2 Å². The maximum absolute atomic E-state index is 13.0. The van der Waals surface area contributed by atoms with E-state index in [1.54, 1.807) is 12.1 Å². The fraction of sp³-hybridized carbons (Fsp3) is 0.667. The highest BCUT2D eigenvalue weighted by molar-refractivity contribution is 7.89. The van der Waals surface area contributed by atoms with E-state index >= 15 is 0 Å². The molecule has 4 rings (SSSR count). The third-order valence-corrected chi connectivity index (χ3v) is 7.99. The Balaban J connectivity index is 1.45. The number of nitrogens with zero attached hydrogens (tertiary/aromatic N) is 4. The average Bonchev–Trinajstić information content (AvgIpc) is 2.95. The number of unbranched alkanes of at least 4 members (excludes halogenated alkanes) is 1. The van der Waals surface area contributed by atoms with Crippen LogP contribution in [0.15, 0.2) is 23.1 Å². The van der Waals surface area contributed by atoms with Gasteiger partial charge in [-0.25, -0.2) is 18.5 Å². The molecule has 182 valence electrons. The van der Waals surface area contributed by atoms with E-state index in [2.05, 4.69) is 21.3 Å². The third-order valence-electron chi connectivity index (χ3n) is 7.08. The van der Waals surface area contributed by atoms with Gasteiger partial charge in [0.15, 0.2) is 0 Å². The Morgan fingerprint density at radius 3 is 2.42 bits per heavy atom. The highest BCUT2D eigenvalue weighted by atomic mass is 32.2. The summed E-state index contributed by atoms with van der Waals surface area (Å²) in [4.78, 5) is 22.4. The van der Waals surface area contributed by atoms with Gasteiger partial charge >= 0.3 is 0 Å². The number of hydrogen-bond acceptors (Lipinski definition) is 5. The van der Waals surface area contributed by atoms with Gasteiger partial charge in [-0.3, -0.25) is 9.69 Å². The highest BCUT2D eigenvalue weighted by Gasteiger charge is 2.29. The molecule has 1 aromatic carbocycles. The van der Waals surface area contributed by atoms with Crippen LogP contribution in [0.1, 0.15) is 64.1 Å². The Bertz CT molecular complexity index is 1070. The minimum absolute atomic E-state index is 0.0922. The fourth-order valence-corrected chi connectivity index (χ4v) is 5.64. The number of hydrogen-bond donors (Lipinski definition) is 1. The zero-order chi connectivity index (χ0) is 23.4. The molecule has 8 nitrogen and oxygen atoms in total. The molecule has 3 heterocycles. The average molecular weight is 476 g/mol. The zero-order valence-corrected chi connectivity index (χ0v) is 20.5. The van der Waals surface area contributed by atoms with Crippen molar-refractivity contribution in [3.8, 4) is 0 Å². The minimum Gasteiger partial charge on any atom is -0.342 e. The van der Waals surface area contributed by atoms with Gasteiger partial charge in [0, 0.05) is 25.6 Å². The minimum atomic E-state index is -3.76. The largest absolute Gasteiger partial charge is 0.342 e. The summed E-state index contributed by atoms with van der Waals surface area (Å²) in [6.07, 6.45) is 8.61. The maximum Gasteiger partial charge on any atom is 0.238 e. The predicted octanol–water partition coefficient (Wildman–Crippen LogP) is 3.10. The molecule has 0 aliphatic carbocycles. The Morgan fingerprint density at radius 2 is 1.79 bits per heavy atom. The van der Waals surface area contributed by atoms with Gasteiger partial charge in [-0.05, 0) is 63.4 Å². The number of primary sulfonamides is 1. The molecule has 0 radical (unpaired) electrons. The van der Waals surface area contributed by atoms with E-state index in [9.17, 15) is 13.2 Å². The van der Waals surface area contributed by atoms with Crippen molar-refractivity contribution in [2.45, 2.75) is 76.3 Å². The normalized spacial score (nSPS) is 19.2. The quantitative estimate of drug-likeness (QED) is 0.663. The van der Waals surface area contributed by atoms with E-state index in [4.69, 9.17) is 10.1 Å². The molecule has 1 aromatic heterocycles. The Hall–Kier alpha value is -1.97. The first kappa shape index (κ1) is 24.2. The smallest absolute Gasteiger partial charge is 0.238 e. The Kier molecular flexibility index (Phi) is 7.71. The van der Waals surface area contributed by atoms with Crippen molar-refractivity contribution < 1.29 is 13.2 Å². The van der Waals surface area contributed by atoms with Crippen LogP contribution in [0.5, 0.6) is 0 Å². The second-order valence-electron chi connectivity index (χ2n) is 9.52. The van der Waals surface area contributed by atoms with Crippen LogP contribution in [-0.2, 0) is 27.9 Å². The van der Waals surface area contributed by atoms with Gasteiger partial charge in [0.1, 0.15) is 5.82 Å². The number of carbonyl (C=O) groups is 1. The van der Waals surface area contributed by atoms with Crippen molar-refractivity contribution in [1.82, 2.24) is 19.4 Å². The predicted molar refractivity (Wildman–Crippen MR) is 129 cm³/mol. The number of piperidine rings is 1. The number of fused-ring (bicyclic) bond motifs is 1. The third kappa shape index (κ3) is 5.75. The fourth-order valence-electron chi connectivity index (χ4n) is 5.11. The van der Waals surface area contributed by atoms with Crippen LogP contribution in [0, 0.1) is 5.92 Å². The number of aromatic nitrogens is 2. The molecule has 2 aliphatic heterocycles. The van der Waals surface area contributed by atoms with Crippen molar-refractivity contribution in [1.29, 1.82) is 0 Å². The number of aryl methyl sites for hydroxylation is 1. The highest BCUT2D eigenvalue weighted by Crippen LogP contribution is 2.25. The van der Waals surface area contributed by atoms with E-state index in [0.717, 1.165) is 82.6 Å². The number of amides is 1. The second kappa shape index (κ2) is 10.5. The van der Waals surface area contributed by atoms with Gasteiger partial charge < -0.3 is 9.47 Å². The first-order chi connectivity index (χ1) is 15.9. The summed E-state index contributed by atoms with van der Waals surface area (Å²) in [7, 11) is -3.76. The summed E-state index contributed by atoms with van der Waals surface area (Å²) in [5.74, 6) is 1.43. The van der Waals surface area contributed by atoms with Crippen LogP contribution in [0.3, 0.4) is 0 Å². The van der Waals surface area contributed by atoms with Crippen LogP contribution in [0.2, 0.25) is 0 Å². The summed E-state index contributed by atoms with van der Waals surface area (Å²) in [5, 5.41) is 5.32. The summed E-state index contributed by atoms with van der Waals surface area (Å²) in [5.41, 5.74) is 1.61. The molecule has 0 atom stereocenters. The first-order valence-electron chi connectivity index (χ1n) is 12.4. The molecule has 0 bridgehead atoms. The standard InChI is InChI=1S/C24H37N5O3S/c1-2-3-14-29-22-9-8-20(33(25,31)32)17-21(22)26-23(29)18-27-15-10-19(11-16-27)24(30)28-12-6-4-5-7-13-28/h8-9,17,19H,2-7,10-16,18H2,1H3,(H2,25,31,32). The van der Waals surface area contributed by atoms with E-state index in [-0.39, 0.29) is 10.8 Å². The van der Waals surface area contributed by atoms with Crippen molar-refractivity contribution in [3.05, 3.63) is 24.0 Å². The zero-order valence-electron chi connectivity index (χ0n) is 19.7. The Labute approximate surface area is 197 Å². The van der Waals surface area contributed by atoms with Crippen molar-refractivity contribution in [2.24, 2.45) is 11.1 Å². The molecule has 0 saturated carbocycles. The summed E-state index contributed by atoms with van der Waals surface area (Å²) >= 11 is 0. The number of benzene rings is 1. The number of sulfonamides is 1. The lowest BCUT2D eigenvalue weighted by molar-refractivity contribution is -0.137. The van der Waals surface area contributed by atoms with Gasteiger partial charge in [-0.15, -0.1) is 0 Å². The number of imidazole rings is 1. The van der Waals surface area contributed by atoms with Crippen molar-refractivity contribution in [2.75, 3.05) is 26.2 Å². The lowest BCUT2D eigenvalue weighted by Gasteiger charge is -2.34. The van der Waals surface area contributed by atoms with E-state index in [0.29, 0.717) is 18.0 Å². The molecule has 2 fully saturated rings. The molecule has 1 amide bonds. The number of rotatable bonds is 7. The maximum atomic E-state index is 13.0. The molecule has 33 heavy (non-hydrogen) atoms. The van der Waals surface area contributed by atoms with Gasteiger partial charge in [0.25, 0.3) is 0 Å². The molecule has 0 spiro atoms. The van der Waals surface area contributed by atoms with Crippen LogP contribution in [0.25, 0.3) is 11.0 Å². The topological polar surface area (TPSA) is 102 Å². The van der Waals surface area contributed by atoms with E-state index in [1.807, 2.05) is 6.07 Å². The monoisotopic (exact) mass is 475 g/mol. The van der Waals surface area contributed by atoms with Crippen LogP contribution < -0.4 is 5.14 Å². The molecule has 2 aliphatic rings. The lowest BCUT2D eigenvalue weighted by Crippen LogP contribution is -2.43. The summed E-state index contributed by atoms with van der Waals surface area (Å²) in [6.45, 7) is 7.30. The second-order valence-corrected chi connectivity index (χ2v) is 11.1. The molecular weight excluding hydrogens is 438 g/mol. The molecule has 2 aromatic rings. The molecule has 0 unspecified atom stereocenters. The van der Waals surface area contributed by atoms with E-state index < -0.39 is 10.0 Å². The molecule has 9 heteroatoms. The van der Waals surface area contributed by atoms with Crippen LogP contribution in [-0.4, -0.2) is 59.9 Å². The summed E-state index contributed by atoms with van der Waals surface area (Å²) < 4.78 is 25.8. The van der Waals surface area contributed by atoms with E-state index in [1.165, 1.54) is 12.8 Å². The first-order valence-corrected chi connectivity index (χ1v) is 13.9.